The maximum Gasteiger partial charge on any atom is 0.276 e. The summed E-state index contributed by atoms with van der Waals surface area (Å²) in [6, 6.07) is 17.1. The van der Waals surface area contributed by atoms with Crippen molar-refractivity contribution < 1.29 is 4.79 Å². The molecule has 24 heavy (non-hydrogen) atoms. The van der Waals surface area contributed by atoms with Crippen LogP contribution in [0.1, 0.15) is 27.3 Å². The van der Waals surface area contributed by atoms with E-state index in [1.54, 1.807) is 30.3 Å². The lowest BCUT2D eigenvalue weighted by molar-refractivity contribution is 0.102. The van der Waals surface area contributed by atoms with Crippen LogP contribution >= 0.6 is 11.6 Å². The molecule has 3 rings (SSSR count). The molecule has 0 saturated carbocycles. The van der Waals surface area contributed by atoms with E-state index in [0.29, 0.717) is 22.9 Å². The van der Waals surface area contributed by atoms with Gasteiger partial charge in [0, 0.05) is 16.4 Å². The van der Waals surface area contributed by atoms with Crippen LogP contribution in [-0.4, -0.2) is 15.7 Å². The number of anilines is 1. The number of hydrogen-bond acceptors (Lipinski definition) is 2. The van der Waals surface area contributed by atoms with E-state index in [4.69, 9.17) is 11.6 Å². The van der Waals surface area contributed by atoms with Crippen molar-refractivity contribution in [3.05, 3.63) is 82.1 Å². The fourth-order valence-electron chi connectivity index (χ4n) is 2.41. The molecular formula is C19H18ClN3O. The minimum Gasteiger partial charge on any atom is -0.321 e. The summed E-state index contributed by atoms with van der Waals surface area (Å²) in [7, 11) is 0. The van der Waals surface area contributed by atoms with Crippen molar-refractivity contribution in [2.24, 2.45) is 0 Å². The van der Waals surface area contributed by atoms with E-state index in [2.05, 4.69) is 41.6 Å². The fourth-order valence-corrected chi connectivity index (χ4v) is 2.60. The number of hydrogen-bond donors (Lipinski definition) is 1. The SMILES string of the molecule is Cc1ccc(Cn2nc(C(=O)Nc3cccc(Cl)c3)cc2C)cc1. The molecule has 1 heterocycles. The first-order valence-corrected chi connectivity index (χ1v) is 8.06. The molecule has 0 radical (unpaired) electrons. The number of aryl methyl sites for hydroxylation is 2. The van der Waals surface area contributed by atoms with Crippen LogP contribution in [0.4, 0.5) is 5.69 Å². The number of nitrogens with zero attached hydrogens (tertiary/aromatic N) is 2. The first kappa shape index (κ1) is 16.3. The molecule has 0 aliphatic heterocycles. The number of amides is 1. The van der Waals surface area contributed by atoms with Crippen molar-refractivity contribution >= 4 is 23.2 Å². The van der Waals surface area contributed by atoms with Crippen molar-refractivity contribution in [3.8, 4) is 0 Å². The molecule has 3 aromatic rings. The molecule has 0 spiro atoms. The van der Waals surface area contributed by atoms with Crippen LogP contribution in [0.25, 0.3) is 0 Å². The van der Waals surface area contributed by atoms with Crippen LogP contribution in [0.15, 0.2) is 54.6 Å². The molecule has 5 heteroatoms. The molecule has 122 valence electrons. The highest BCUT2D eigenvalue weighted by atomic mass is 35.5. The molecule has 0 atom stereocenters. The van der Waals surface area contributed by atoms with Crippen molar-refractivity contribution in [2.75, 3.05) is 5.32 Å². The van der Waals surface area contributed by atoms with Crippen molar-refractivity contribution in [2.45, 2.75) is 20.4 Å². The van der Waals surface area contributed by atoms with Crippen molar-refractivity contribution in [1.82, 2.24) is 9.78 Å². The number of benzene rings is 2. The quantitative estimate of drug-likeness (QED) is 0.763. The van der Waals surface area contributed by atoms with E-state index in [1.165, 1.54) is 5.56 Å². The molecule has 0 aliphatic carbocycles. The molecule has 0 aliphatic rings. The zero-order valence-corrected chi connectivity index (χ0v) is 14.3. The monoisotopic (exact) mass is 339 g/mol. The lowest BCUT2D eigenvalue weighted by atomic mass is 10.1. The van der Waals surface area contributed by atoms with Gasteiger partial charge in [0.2, 0.25) is 0 Å². The van der Waals surface area contributed by atoms with Gasteiger partial charge in [0.05, 0.1) is 6.54 Å². The largest absolute Gasteiger partial charge is 0.321 e. The third-order valence-electron chi connectivity index (χ3n) is 3.75. The standard InChI is InChI=1S/C19H18ClN3O/c1-13-6-8-15(9-7-13)12-23-14(2)10-18(22-23)19(24)21-17-5-3-4-16(20)11-17/h3-11H,12H2,1-2H3,(H,21,24). The average Bonchev–Trinajstić information content (AvgIpc) is 2.91. The third kappa shape index (κ3) is 3.84. The highest BCUT2D eigenvalue weighted by Gasteiger charge is 2.13. The molecule has 2 aromatic carbocycles. The lowest BCUT2D eigenvalue weighted by Gasteiger charge is -2.05. The third-order valence-corrected chi connectivity index (χ3v) is 3.98. The molecule has 1 amide bonds. The summed E-state index contributed by atoms with van der Waals surface area (Å²) >= 11 is 5.93. The summed E-state index contributed by atoms with van der Waals surface area (Å²) in [4.78, 5) is 12.4. The van der Waals surface area contributed by atoms with Crippen LogP contribution < -0.4 is 5.32 Å². The maximum atomic E-state index is 12.4. The summed E-state index contributed by atoms with van der Waals surface area (Å²) in [5, 5.41) is 7.81. The number of aromatic nitrogens is 2. The first-order chi connectivity index (χ1) is 11.5. The molecule has 1 aromatic heterocycles. The van der Waals surface area contributed by atoms with E-state index < -0.39 is 0 Å². The van der Waals surface area contributed by atoms with Gasteiger partial charge in [-0.05, 0) is 43.7 Å². The number of carbonyl (C=O) groups excluding carboxylic acids is 1. The summed E-state index contributed by atoms with van der Waals surface area (Å²) < 4.78 is 1.83. The average molecular weight is 340 g/mol. The highest BCUT2D eigenvalue weighted by molar-refractivity contribution is 6.30. The predicted molar refractivity (Wildman–Crippen MR) is 96.7 cm³/mol. The van der Waals surface area contributed by atoms with Crippen LogP contribution in [0.2, 0.25) is 5.02 Å². The molecule has 0 bridgehead atoms. The number of carbonyl (C=O) groups is 1. The van der Waals surface area contributed by atoms with Gasteiger partial charge in [-0.25, -0.2) is 0 Å². The van der Waals surface area contributed by atoms with Gasteiger partial charge in [-0.3, -0.25) is 9.48 Å². The molecular weight excluding hydrogens is 322 g/mol. The number of halogens is 1. The topological polar surface area (TPSA) is 46.9 Å². The molecule has 0 fully saturated rings. The number of nitrogens with one attached hydrogen (secondary N) is 1. The van der Waals surface area contributed by atoms with E-state index in [-0.39, 0.29) is 5.91 Å². The maximum absolute atomic E-state index is 12.4. The summed E-state index contributed by atoms with van der Waals surface area (Å²) in [5.74, 6) is -0.247. The fraction of sp³-hybridized carbons (Fsp3) is 0.158. The van der Waals surface area contributed by atoms with Gasteiger partial charge in [0.1, 0.15) is 0 Å². The zero-order valence-electron chi connectivity index (χ0n) is 13.6. The Kier molecular flexibility index (Phi) is 4.67. The van der Waals surface area contributed by atoms with E-state index >= 15 is 0 Å². The normalized spacial score (nSPS) is 10.6. The van der Waals surface area contributed by atoms with Gasteiger partial charge in [-0.15, -0.1) is 0 Å². The highest BCUT2D eigenvalue weighted by Crippen LogP contribution is 2.16. The second-order valence-corrected chi connectivity index (χ2v) is 6.22. The minimum absolute atomic E-state index is 0.247. The summed E-state index contributed by atoms with van der Waals surface area (Å²) in [5.41, 5.74) is 4.34. The second kappa shape index (κ2) is 6.89. The van der Waals surface area contributed by atoms with E-state index in [9.17, 15) is 4.79 Å². The van der Waals surface area contributed by atoms with Crippen LogP contribution in [-0.2, 0) is 6.54 Å². The van der Waals surface area contributed by atoms with Gasteiger partial charge in [0.15, 0.2) is 5.69 Å². The van der Waals surface area contributed by atoms with Gasteiger partial charge < -0.3 is 5.32 Å². The Balaban J connectivity index is 1.75. The Morgan fingerprint density at radius 2 is 1.88 bits per heavy atom. The van der Waals surface area contributed by atoms with E-state index in [0.717, 1.165) is 11.3 Å². The van der Waals surface area contributed by atoms with Gasteiger partial charge in [-0.2, -0.15) is 5.10 Å². The first-order valence-electron chi connectivity index (χ1n) is 7.68. The van der Waals surface area contributed by atoms with Gasteiger partial charge >= 0.3 is 0 Å². The molecule has 1 N–H and O–H groups in total. The molecule has 0 saturated heterocycles. The Morgan fingerprint density at radius 1 is 1.12 bits per heavy atom. The van der Waals surface area contributed by atoms with Crippen LogP contribution in [0.3, 0.4) is 0 Å². The van der Waals surface area contributed by atoms with Crippen molar-refractivity contribution in [1.29, 1.82) is 0 Å². The summed E-state index contributed by atoms with van der Waals surface area (Å²) in [6.45, 7) is 4.63. The molecule has 4 nitrogen and oxygen atoms in total. The smallest absolute Gasteiger partial charge is 0.276 e. The second-order valence-electron chi connectivity index (χ2n) is 5.78. The van der Waals surface area contributed by atoms with Gasteiger partial charge in [-0.1, -0.05) is 47.5 Å². The zero-order chi connectivity index (χ0) is 17.1. The van der Waals surface area contributed by atoms with E-state index in [1.807, 2.05) is 11.6 Å². The lowest BCUT2D eigenvalue weighted by Crippen LogP contribution is -2.13. The Labute approximate surface area is 146 Å². The summed E-state index contributed by atoms with van der Waals surface area (Å²) in [6.07, 6.45) is 0. The predicted octanol–water partition coefficient (Wildman–Crippen LogP) is 4.45. The van der Waals surface area contributed by atoms with Crippen LogP contribution in [0.5, 0.6) is 0 Å². The van der Waals surface area contributed by atoms with Crippen LogP contribution in [0, 0.1) is 13.8 Å². The Bertz CT molecular complexity index is 869. The van der Waals surface area contributed by atoms with Gasteiger partial charge in [0.25, 0.3) is 5.91 Å². The number of rotatable bonds is 4. The van der Waals surface area contributed by atoms with Crippen molar-refractivity contribution in [3.63, 3.8) is 0 Å². The Morgan fingerprint density at radius 3 is 2.58 bits per heavy atom. The Hall–Kier alpha value is -2.59. The minimum atomic E-state index is -0.247. The molecule has 0 unspecified atom stereocenters.